The fourth-order valence-corrected chi connectivity index (χ4v) is 7.40. The Hall–Kier alpha value is -2.98. The third-order valence-electron chi connectivity index (χ3n) is 10.6. The maximum absolute atomic E-state index is 14.3. The van der Waals surface area contributed by atoms with E-state index in [1.807, 2.05) is 41.5 Å². The Labute approximate surface area is 261 Å². The van der Waals surface area contributed by atoms with Crippen molar-refractivity contribution in [2.75, 3.05) is 6.54 Å². The molecular formula is C33H53N5O6. The van der Waals surface area contributed by atoms with E-state index in [9.17, 15) is 28.8 Å². The van der Waals surface area contributed by atoms with Crippen LogP contribution in [0.5, 0.6) is 0 Å². The molecule has 4 aliphatic rings. The van der Waals surface area contributed by atoms with Crippen molar-refractivity contribution in [3.8, 4) is 0 Å². The van der Waals surface area contributed by atoms with Crippen molar-refractivity contribution in [1.29, 1.82) is 0 Å². The number of nitrogens with two attached hydrogens (primary N) is 1. The minimum atomic E-state index is -1.09. The van der Waals surface area contributed by atoms with E-state index in [2.05, 4.69) is 29.8 Å². The average Bonchev–Trinajstić information content (AvgIpc) is 3.77. The Morgan fingerprint density at radius 2 is 1.50 bits per heavy atom. The zero-order valence-electron chi connectivity index (χ0n) is 27.8. The van der Waals surface area contributed by atoms with Gasteiger partial charge in [-0.15, -0.1) is 0 Å². The predicted octanol–water partition coefficient (Wildman–Crippen LogP) is 2.84. The normalized spacial score (nSPS) is 26.9. The molecule has 0 aromatic heterocycles. The molecular weight excluding hydrogens is 562 g/mol. The number of Topliss-reactive ketones (excluding diaryl/α,β-unsaturated/α-hetero) is 2. The highest BCUT2D eigenvalue weighted by Gasteiger charge is 2.70. The number of fused-ring (bicyclic) bond motifs is 1. The van der Waals surface area contributed by atoms with Crippen LogP contribution < -0.4 is 21.7 Å². The number of likely N-dealkylation sites (tertiary alicyclic amines) is 1. The minimum absolute atomic E-state index is 0.0789. The highest BCUT2D eigenvalue weighted by atomic mass is 16.2. The quantitative estimate of drug-likeness (QED) is 0.276. The lowest BCUT2D eigenvalue weighted by Gasteiger charge is -2.41. The van der Waals surface area contributed by atoms with E-state index in [1.54, 1.807) is 4.90 Å². The molecule has 1 heterocycles. The van der Waals surface area contributed by atoms with E-state index < -0.39 is 58.1 Å². The minimum Gasteiger partial charge on any atom is -0.363 e. The summed E-state index contributed by atoms with van der Waals surface area (Å²) in [7, 11) is 0. The van der Waals surface area contributed by atoms with Gasteiger partial charge in [-0.1, -0.05) is 74.7 Å². The molecule has 0 radical (unpaired) electrons. The summed E-state index contributed by atoms with van der Waals surface area (Å²) >= 11 is 0. The highest BCUT2D eigenvalue weighted by molar-refractivity contribution is 6.38. The maximum Gasteiger partial charge on any atom is 0.315 e. The first kappa shape index (κ1) is 33.9. The van der Waals surface area contributed by atoms with Crippen molar-refractivity contribution in [3.05, 3.63) is 0 Å². The van der Waals surface area contributed by atoms with Gasteiger partial charge in [0.05, 0.1) is 0 Å². The number of nitrogens with zero attached hydrogens (tertiary/aromatic N) is 1. The first-order valence-electron chi connectivity index (χ1n) is 16.3. The van der Waals surface area contributed by atoms with Gasteiger partial charge in [0.2, 0.25) is 17.6 Å². The number of hydrogen-bond donors (Lipinski definition) is 4. The second kappa shape index (κ2) is 11.7. The van der Waals surface area contributed by atoms with Crippen molar-refractivity contribution < 1.29 is 28.8 Å². The largest absolute Gasteiger partial charge is 0.363 e. The topological polar surface area (TPSA) is 168 Å². The van der Waals surface area contributed by atoms with Gasteiger partial charge in [0.15, 0.2) is 0 Å². The van der Waals surface area contributed by atoms with Crippen molar-refractivity contribution in [2.24, 2.45) is 39.7 Å². The van der Waals surface area contributed by atoms with Gasteiger partial charge in [0, 0.05) is 23.9 Å². The van der Waals surface area contributed by atoms with E-state index in [1.165, 1.54) is 0 Å². The number of amides is 5. The first-order chi connectivity index (χ1) is 20.2. The number of piperidine rings is 1. The summed E-state index contributed by atoms with van der Waals surface area (Å²) in [6, 6.07) is -3.30. The molecule has 4 fully saturated rings. The molecule has 1 saturated heterocycles. The third kappa shape index (κ3) is 6.96. The van der Waals surface area contributed by atoms with Crippen LogP contribution in [0.2, 0.25) is 0 Å². The molecule has 0 bridgehead atoms. The molecule has 3 saturated carbocycles. The molecule has 0 aromatic carbocycles. The van der Waals surface area contributed by atoms with Crippen LogP contribution in [0, 0.1) is 34.0 Å². The van der Waals surface area contributed by atoms with Gasteiger partial charge in [0.1, 0.15) is 23.9 Å². The second-order valence-corrected chi connectivity index (χ2v) is 16.5. The van der Waals surface area contributed by atoms with E-state index >= 15 is 0 Å². The summed E-state index contributed by atoms with van der Waals surface area (Å²) in [4.78, 5) is 80.5. The SMILES string of the molecule is CC(C)(C)C(=O)CC1(NC(=O)N[C@H](C(=O)N2C[C@H]3[C@@H]([C@H]2C(=O)NC(C(=O)C(N)=O)C2CC2)C3(C)C)C(C)(C)C)CCCCC1. The molecule has 3 aliphatic carbocycles. The molecule has 5 atom stereocenters. The standard InChI is InChI=1S/C33H53N5O6/c1-30(2,3)20(39)16-33(14-10-9-11-15-33)37-29(44)36-25(31(4,5)6)28(43)38-17-19-21(32(19,7)8)23(38)27(42)35-22(18-12-13-18)24(40)26(34)41/h18-19,21-23,25H,9-17H2,1-8H3,(H2,34,41)(H,35,42)(H2,36,37,44)/t19-,21-,22?,23-,25+/m0/s1. The fraction of sp³-hybridized carbons (Fsp3) is 0.818. The lowest BCUT2D eigenvalue weighted by Crippen LogP contribution is -2.63. The van der Waals surface area contributed by atoms with E-state index in [-0.39, 0.29) is 41.3 Å². The van der Waals surface area contributed by atoms with Crippen LogP contribution in [0.1, 0.15) is 107 Å². The Kier molecular flexibility index (Phi) is 9.05. The van der Waals surface area contributed by atoms with E-state index in [4.69, 9.17) is 5.73 Å². The second-order valence-electron chi connectivity index (χ2n) is 16.5. The van der Waals surface area contributed by atoms with Gasteiger partial charge >= 0.3 is 6.03 Å². The molecule has 5 N–H and O–H groups in total. The number of hydrogen-bond acceptors (Lipinski definition) is 6. The summed E-state index contributed by atoms with van der Waals surface area (Å²) in [5, 5.41) is 8.82. The van der Waals surface area contributed by atoms with Crippen molar-refractivity contribution in [3.63, 3.8) is 0 Å². The Morgan fingerprint density at radius 1 is 0.909 bits per heavy atom. The third-order valence-corrected chi connectivity index (χ3v) is 10.6. The smallest absolute Gasteiger partial charge is 0.315 e. The summed E-state index contributed by atoms with van der Waals surface area (Å²) in [6.07, 6.45) is 5.89. The van der Waals surface area contributed by atoms with Crippen molar-refractivity contribution in [1.82, 2.24) is 20.9 Å². The van der Waals surface area contributed by atoms with Gasteiger partial charge in [-0.3, -0.25) is 24.0 Å². The molecule has 5 amide bonds. The van der Waals surface area contributed by atoms with Crippen LogP contribution in [-0.4, -0.2) is 70.4 Å². The van der Waals surface area contributed by atoms with Gasteiger partial charge in [-0.05, 0) is 54.3 Å². The summed E-state index contributed by atoms with van der Waals surface area (Å²) in [5.74, 6) is -2.84. The number of primary amides is 1. The maximum atomic E-state index is 14.3. The fourth-order valence-electron chi connectivity index (χ4n) is 7.40. The predicted molar refractivity (Wildman–Crippen MR) is 165 cm³/mol. The lowest BCUT2D eigenvalue weighted by molar-refractivity contribution is -0.145. The number of nitrogens with one attached hydrogen (secondary N) is 3. The van der Waals surface area contributed by atoms with Crippen LogP contribution in [0.3, 0.4) is 0 Å². The molecule has 1 aliphatic heterocycles. The number of ketones is 2. The van der Waals surface area contributed by atoms with E-state index in [0.29, 0.717) is 32.2 Å². The van der Waals surface area contributed by atoms with Crippen LogP contribution in [0.25, 0.3) is 0 Å². The first-order valence-corrected chi connectivity index (χ1v) is 16.3. The lowest BCUT2D eigenvalue weighted by atomic mass is 9.74. The Balaban J connectivity index is 1.54. The summed E-state index contributed by atoms with van der Waals surface area (Å²) < 4.78 is 0. The van der Waals surface area contributed by atoms with E-state index in [0.717, 1.165) is 19.3 Å². The van der Waals surface area contributed by atoms with Gasteiger partial charge in [-0.25, -0.2) is 4.79 Å². The number of carbonyl (C=O) groups excluding carboxylic acids is 6. The van der Waals surface area contributed by atoms with Crippen LogP contribution >= 0.6 is 0 Å². The molecule has 246 valence electrons. The Bertz CT molecular complexity index is 1200. The zero-order chi connectivity index (χ0) is 33.0. The van der Waals surface area contributed by atoms with Crippen molar-refractivity contribution in [2.45, 2.75) is 130 Å². The van der Waals surface area contributed by atoms with Crippen LogP contribution in [-0.2, 0) is 24.0 Å². The summed E-state index contributed by atoms with van der Waals surface area (Å²) in [6.45, 7) is 15.7. The van der Waals surface area contributed by atoms with Gasteiger partial charge in [-0.2, -0.15) is 0 Å². The number of urea groups is 1. The Morgan fingerprint density at radius 3 is 2.00 bits per heavy atom. The zero-order valence-corrected chi connectivity index (χ0v) is 27.8. The molecule has 0 aromatic rings. The number of rotatable bonds is 10. The van der Waals surface area contributed by atoms with Crippen LogP contribution in [0.4, 0.5) is 4.79 Å². The van der Waals surface area contributed by atoms with Crippen LogP contribution in [0.15, 0.2) is 0 Å². The summed E-state index contributed by atoms with van der Waals surface area (Å²) in [5.41, 5.74) is 3.20. The molecule has 11 nitrogen and oxygen atoms in total. The van der Waals surface area contributed by atoms with Gasteiger partial charge < -0.3 is 26.6 Å². The molecule has 44 heavy (non-hydrogen) atoms. The molecule has 0 spiro atoms. The van der Waals surface area contributed by atoms with Gasteiger partial charge in [0.25, 0.3) is 5.91 Å². The number of carbonyl (C=O) groups is 6. The van der Waals surface area contributed by atoms with Crippen molar-refractivity contribution >= 4 is 35.3 Å². The monoisotopic (exact) mass is 615 g/mol. The highest BCUT2D eigenvalue weighted by Crippen LogP contribution is 2.65. The molecule has 1 unspecified atom stereocenters. The molecule has 4 rings (SSSR count). The average molecular weight is 616 g/mol. The molecule has 11 heteroatoms.